The van der Waals surface area contributed by atoms with Gasteiger partial charge in [0.15, 0.2) is 0 Å². The molecule has 1 unspecified atom stereocenters. The van der Waals surface area contributed by atoms with Crippen LogP contribution in [0.3, 0.4) is 0 Å². The quantitative estimate of drug-likeness (QED) is 0.505. The van der Waals surface area contributed by atoms with Crippen LogP contribution in [0.4, 0.5) is 0 Å². The van der Waals surface area contributed by atoms with Gasteiger partial charge < -0.3 is 20.7 Å². The third-order valence-corrected chi connectivity index (χ3v) is 4.82. The molecular formula is C19H35N3O4. The fraction of sp³-hybridized carbons (Fsp3) is 0.842. The minimum absolute atomic E-state index is 0.00555. The first-order chi connectivity index (χ1) is 12.3. The molecule has 1 atom stereocenters. The Bertz CT molecular complexity index is 460. The molecule has 0 aromatic heterocycles. The van der Waals surface area contributed by atoms with Gasteiger partial charge in [-0.2, -0.15) is 0 Å². The van der Waals surface area contributed by atoms with Crippen LogP contribution in [0, 0.1) is 17.8 Å². The first-order valence-electron chi connectivity index (χ1n) is 9.77. The molecule has 1 saturated carbocycles. The van der Waals surface area contributed by atoms with E-state index in [4.69, 9.17) is 4.74 Å². The van der Waals surface area contributed by atoms with Gasteiger partial charge >= 0.3 is 0 Å². The van der Waals surface area contributed by atoms with E-state index in [-0.39, 0.29) is 36.2 Å². The van der Waals surface area contributed by atoms with Crippen molar-refractivity contribution in [2.45, 2.75) is 59.4 Å². The molecule has 0 aromatic rings. The Balaban J connectivity index is 2.37. The number of carbonyl (C=O) groups is 3. The van der Waals surface area contributed by atoms with Crippen LogP contribution >= 0.6 is 0 Å². The normalized spacial score (nSPS) is 21.1. The second kappa shape index (κ2) is 11.9. The van der Waals surface area contributed by atoms with Gasteiger partial charge in [0.05, 0.1) is 0 Å². The summed E-state index contributed by atoms with van der Waals surface area (Å²) in [5, 5.41) is 8.37. The van der Waals surface area contributed by atoms with Gasteiger partial charge in [0, 0.05) is 25.6 Å². The molecular weight excluding hydrogens is 334 g/mol. The van der Waals surface area contributed by atoms with Gasteiger partial charge in [0.2, 0.25) is 17.7 Å². The molecule has 0 bridgehead atoms. The van der Waals surface area contributed by atoms with Gasteiger partial charge in [0.1, 0.15) is 12.6 Å². The summed E-state index contributed by atoms with van der Waals surface area (Å²) in [5.74, 6) is 0.252. The van der Waals surface area contributed by atoms with Crippen molar-refractivity contribution in [3.63, 3.8) is 0 Å². The van der Waals surface area contributed by atoms with Crippen LogP contribution in [0.25, 0.3) is 0 Å². The topological polar surface area (TPSA) is 96.5 Å². The van der Waals surface area contributed by atoms with Crippen LogP contribution < -0.4 is 16.0 Å². The summed E-state index contributed by atoms with van der Waals surface area (Å²) in [6.45, 7) is 9.02. The number of ether oxygens (including phenoxy) is 1. The van der Waals surface area contributed by atoms with Crippen LogP contribution in [-0.4, -0.2) is 50.1 Å². The van der Waals surface area contributed by atoms with E-state index in [1.807, 2.05) is 20.8 Å². The minimum Gasteiger partial charge on any atom is -0.372 e. The zero-order valence-electron chi connectivity index (χ0n) is 16.6. The van der Waals surface area contributed by atoms with Crippen molar-refractivity contribution in [2.75, 3.05) is 26.3 Å². The maximum absolute atomic E-state index is 12.5. The van der Waals surface area contributed by atoms with Crippen LogP contribution in [0.15, 0.2) is 0 Å². The first kappa shape index (κ1) is 22.4. The second-order valence-electron chi connectivity index (χ2n) is 7.47. The number of hydrogen-bond donors (Lipinski definition) is 3. The Morgan fingerprint density at radius 2 is 1.65 bits per heavy atom. The Labute approximate surface area is 157 Å². The number of nitrogens with one attached hydrogen (secondary N) is 3. The van der Waals surface area contributed by atoms with E-state index in [0.29, 0.717) is 25.6 Å². The summed E-state index contributed by atoms with van der Waals surface area (Å²) in [5.41, 5.74) is 0. The molecule has 0 spiro atoms. The number of carbonyl (C=O) groups excluding carboxylic acids is 3. The first-order valence-corrected chi connectivity index (χ1v) is 9.77. The number of rotatable bonds is 10. The predicted octanol–water partition coefficient (Wildman–Crippen LogP) is 1.22. The molecule has 3 N–H and O–H groups in total. The summed E-state index contributed by atoms with van der Waals surface area (Å²) in [6, 6.07) is -0.555. The van der Waals surface area contributed by atoms with E-state index in [0.717, 1.165) is 25.7 Å². The predicted molar refractivity (Wildman–Crippen MR) is 100 cm³/mol. The molecule has 1 aliphatic rings. The third-order valence-electron chi connectivity index (χ3n) is 4.82. The highest BCUT2D eigenvalue weighted by Gasteiger charge is 2.29. The fourth-order valence-corrected chi connectivity index (χ4v) is 3.07. The lowest BCUT2D eigenvalue weighted by atomic mass is 9.82. The smallest absolute Gasteiger partial charge is 0.246 e. The molecule has 1 fully saturated rings. The van der Waals surface area contributed by atoms with Gasteiger partial charge in [0.25, 0.3) is 0 Å². The summed E-state index contributed by atoms with van der Waals surface area (Å²) in [7, 11) is 0. The van der Waals surface area contributed by atoms with Crippen molar-refractivity contribution >= 4 is 17.7 Å². The Hall–Kier alpha value is -1.63. The van der Waals surface area contributed by atoms with Crippen LogP contribution in [0.1, 0.15) is 53.4 Å². The van der Waals surface area contributed by atoms with Gasteiger partial charge in [-0.3, -0.25) is 14.4 Å². The van der Waals surface area contributed by atoms with E-state index in [9.17, 15) is 14.4 Å². The molecule has 26 heavy (non-hydrogen) atoms. The zero-order valence-corrected chi connectivity index (χ0v) is 16.6. The molecule has 7 nitrogen and oxygen atoms in total. The molecule has 7 heteroatoms. The van der Waals surface area contributed by atoms with Crippen molar-refractivity contribution in [1.29, 1.82) is 0 Å². The molecule has 150 valence electrons. The monoisotopic (exact) mass is 369 g/mol. The van der Waals surface area contributed by atoms with Crippen LogP contribution in [0.5, 0.6) is 0 Å². The van der Waals surface area contributed by atoms with E-state index < -0.39 is 6.04 Å². The molecule has 0 heterocycles. The van der Waals surface area contributed by atoms with Gasteiger partial charge in [-0.25, -0.2) is 0 Å². The van der Waals surface area contributed by atoms with Crippen LogP contribution in [-0.2, 0) is 19.1 Å². The molecule has 0 radical (unpaired) electrons. The minimum atomic E-state index is -0.555. The van der Waals surface area contributed by atoms with Gasteiger partial charge in [-0.15, -0.1) is 0 Å². The third kappa shape index (κ3) is 8.17. The van der Waals surface area contributed by atoms with Crippen molar-refractivity contribution in [3.05, 3.63) is 0 Å². The summed E-state index contributed by atoms with van der Waals surface area (Å²) in [6.07, 6.45) is 3.92. The molecule has 0 aliphatic heterocycles. The summed E-state index contributed by atoms with van der Waals surface area (Å²) < 4.78 is 5.00. The van der Waals surface area contributed by atoms with Crippen LogP contribution in [0.2, 0.25) is 0 Å². The lowest BCUT2D eigenvalue weighted by Crippen LogP contribution is -2.52. The van der Waals surface area contributed by atoms with E-state index in [1.165, 1.54) is 0 Å². The zero-order chi connectivity index (χ0) is 19.5. The highest BCUT2D eigenvalue weighted by atomic mass is 16.5. The Kier molecular flexibility index (Phi) is 10.2. The Morgan fingerprint density at radius 1 is 1.04 bits per heavy atom. The largest absolute Gasteiger partial charge is 0.372 e. The van der Waals surface area contributed by atoms with Crippen molar-refractivity contribution in [1.82, 2.24) is 16.0 Å². The molecule has 1 rings (SSSR count). The average molecular weight is 370 g/mol. The van der Waals surface area contributed by atoms with E-state index >= 15 is 0 Å². The van der Waals surface area contributed by atoms with E-state index in [1.54, 1.807) is 0 Å². The van der Waals surface area contributed by atoms with E-state index in [2.05, 4.69) is 22.9 Å². The maximum Gasteiger partial charge on any atom is 0.246 e. The summed E-state index contributed by atoms with van der Waals surface area (Å²) >= 11 is 0. The van der Waals surface area contributed by atoms with Gasteiger partial charge in [-0.05, 0) is 44.4 Å². The molecule has 3 amide bonds. The highest BCUT2D eigenvalue weighted by molar-refractivity contribution is 5.88. The number of amides is 3. The van der Waals surface area contributed by atoms with Gasteiger partial charge in [-0.1, -0.05) is 20.8 Å². The Morgan fingerprint density at radius 3 is 2.23 bits per heavy atom. The van der Waals surface area contributed by atoms with Crippen molar-refractivity contribution in [3.8, 4) is 0 Å². The molecule has 1 aliphatic carbocycles. The maximum atomic E-state index is 12.5. The fourth-order valence-electron chi connectivity index (χ4n) is 3.07. The van der Waals surface area contributed by atoms with Crippen molar-refractivity contribution < 1.29 is 19.1 Å². The SMILES string of the molecule is CCOCC(=O)NCCNC(=O)C(NC(=O)C1CCC(C)CC1)C(C)C. The average Bonchev–Trinajstić information content (AvgIpc) is 2.61. The molecule has 0 saturated heterocycles. The lowest BCUT2D eigenvalue weighted by molar-refractivity contribution is -0.132. The highest BCUT2D eigenvalue weighted by Crippen LogP contribution is 2.28. The lowest BCUT2D eigenvalue weighted by Gasteiger charge is -2.28. The van der Waals surface area contributed by atoms with Crippen molar-refractivity contribution in [2.24, 2.45) is 17.8 Å². The molecule has 0 aromatic carbocycles. The number of hydrogen-bond acceptors (Lipinski definition) is 4. The second-order valence-corrected chi connectivity index (χ2v) is 7.47. The summed E-state index contributed by atoms with van der Waals surface area (Å²) in [4.78, 5) is 36.3. The standard InChI is InChI=1S/C19H35N3O4/c1-5-26-12-16(23)20-10-11-21-19(25)17(13(2)3)22-18(24)15-8-6-14(4)7-9-15/h13-15,17H,5-12H2,1-4H3,(H,20,23)(H,21,25)(H,22,24).